The molecule has 3 heteroatoms. The Morgan fingerprint density at radius 3 is 2.53 bits per heavy atom. The lowest BCUT2D eigenvalue weighted by Gasteiger charge is -2.44. The van der Waals surface area contributed by atoms with Crippen LogP contribution < -0.4 is 5.73 Å². The highest BCUT2D eigenvalue weighted by Gasteiger charge is 2.50. The first kappa shape index (κ1) is 15.3. The molecule has 3 nitrogen and oxygen atoms in total. The van der Waals surface area contributed by atoms with Crippen molar-refractivity contribution < 1.29 is 4.74 Å². The first-order valence-corrected chi connectivity index (χ1v) is 7.92. The van der Waals surface area contributed by atoms with E-state index in [1.165, 1.54) is 32.1 Å². The van der Waals surface area contributed by atoms with Gasteiger partial charge in [-0.25, -0.2) is 0 Å². The molecule has 0 radical (unpaired) electrons. The zero-order valence-corrected chi connectivity index (χ0v) is 13.2. The summed E-state index contributed by atoms with van der Waals surface area (Å²) < 4.78 is 5.90. The number of rotatable bonds is 4. The normalized spacial score (nSPS) is 38.8. The van der Waals surface area contributed by atoms with Crippen molar-refractivity contribution >= 4 is 0 Å². The third-order valence-corrected chi connectivity index (χ3v) is 5.43. The third-order valence-electron chi connectivity index (χ3n) is 5.43. The molecule has 0 spiro atoms. The molecule has 1 heterocycles. The number of ether oxygens (including phenoxy) is 1. The van der Waals surface area contributed by atoms with Crippen molar-refractivity contribution in [1.82, 2.24) is 4.90 Å². The van der Waals surface area contributed by atoms with Gasteiger partial charge in [-0.2, -0.15) is 0 Å². The van der Waals surface area contributed by atoms with E-state index in [9.17, 15) is 0 Å². The fourth-order valence-corrected chi connectivity index (χ4v) is 4.47. The standard InChI is InChI=1S/C16H32N2O/c1-13-9-15(2,3)11-16(13,12-17)18(4)10-14-7-5-6-8-19-14/h13-14H,5-12,17H2,1-4H3. The van der Waals surface area contributed by atoms with Crippen molar-refractivity contribution in [3.63, 3.8) is 0 Å². The number of hydrogen-bond acceptors (Lipinski definition) is 3. The Kier molecular flexibility index (Phi) is 4.59. The molecule has 1 aliphatic carbocycles. The van der Waals surface area contributed by atoms with Crippen LogP contribution in [0.4, 0.5) is 0 Å². The minimum absolute atomic E-state index is 0.171. The molecule has 1 saturated carbocycles. The Morgan fingerprint density at radius 1 is 1.32 bits per heavy atom. The van der Waals surface area contributed by atoms with Gasteiger partial charge in [0.15, 0.2) is 0 Å². The second-order valence-corrected chi connectivity index (χ2v) is 7.62. The van der Waals surface area contributed by atoms with Crippen molar-refractivity contribution in [2.45, 2.75) is 64.5 Å². The Morgan fingerprint density at radius 2 is 2.05 bits per heavy atom. The molecule has 0 bridgehead atoms. The minimum Gasteiger partial charge on any atom is -0.377 e. The van der Waals surface area contributed by atoms with Gasteiger partial charge in [0, 0.05) is 25.2 Å². The second kappa shape index (κ2) is 5.71. The fraction of sp³-hybridized carbons (Fsp3) is 1.00. The zero-order chi connectivity index (χ0) is 14.1. The number of hydrogen-bond donors (Lipinski definition) is 1. The van der Waals surface area contributed by atoms with E-state index in [0.29, 0.717) is 17.4 Å². The molecule has 2 N–H and O–H groups in total. The highest BCUT2D eigenvalue weighted by molar-refractivity contribution is 5.05. The molecule has 112 valence electrons. The SMILES string of the molecule is CC1CC(C)(C)CC1(CN)N(C)CC1CCCCO1. The van der Waals surface area contributed by atoms with E-state index in [4.69, 9.17) is 10.5 Å². The van der Waals surface area contributed by atoms with E-state index in [2.05, 4.69) is 32.7 Å². The van der Waals surface area contributed by atoms with Crippen molar-refractivity contribution in [2.24, 2.45) is 17.1 Å². The van der Waals surface area contributed by atoms with Crippen molar-refractivity contribution in [1.29, 1.82) is 0 Å². The molecule has 1 saturated heterocycles. The van der Waals surface area contributed by atoms with Gasteiger partial charge in [0.25, 0.3) is 0 Å². The summed E-state index contributed by atoms with van der Waals surface area (Å²) in [7, 11) is 2.25. The summed E-state index contributed by atoms with van der Waals surface area (Å²) in [6.07, 6.45) is 6.66. The van der Waals surface area contributed by atoms with Gasteiger partial charge in [0.05, 0.1) is 6.10 Å². The molecule has 2 rings (SSSR count). The first-order valence-electron chi connectivity index (χ1n) is 7.92. The Labute approximate surface area is 118 Å². The van der Waals surface area contributed by atoms with E-state index in [1.54, 1.807) is 0 Å². The van der Waals surface area contributed by atoms with Gasteiger partial charge in [-0.1, -0.05) is 20.8 Å². The van der Waals surface area contributed by atoms with Crippen molar-refractivity contribution in [3.8, 4) is 0 Å². The van der Waals surface area contributed by atoms with E-state index in [0.717, 1.165) is 19.7 Å². The summed E-state index contributed by atoms with van der Waals surface area (Å²) >= 11 is 0. The summed E-state index contributed by atoms with van der Waals surface area (Å²) in [5.74, 6) is 0.668. The largest absolute Gasteiger partial charge is 0.377 e. The summed E-state index contributed by atoms with van der Waals surface area (Å²) in [5.41, 5.74) is 6.79. The number of nitrogens with two attached hydrogens (primary N) is 1. The van der Waals surface area contributed by atoms with Gasteiger partial charge in [0.1, 0.15) is 0 Å². The Bertz CT molecular complexity index is 299. The van der Waals surface area contributed by atoms with E-state index < -0.39 is 0 Å². The lowest BCUT2D eigenvalue weighted by Crippen LogP contribution is -2.56. The maximum atomic E-state index is 6.20. The molecule has 2 aliphatic rings. The molecule has 3 atom stereocenters. The molecule has 0 aromatic carbocycles. The molecule has 3 unspecified atom stereocenters. The van der Waals surface area contributed by atoms with Gasteiger partial charge in [-0.15, -0.1) is 0 Å². The predicted molar refractivity (Wildman–Crippen MR) is 80.2 cm³/mol. The van der Waals surface area contributed by atoms with Crippen LogP contribution in [0.3, 0.4) is 0 Å². The zero-order valence-electron chi connectivity index (χ0n) is 13.2. The highest BCUT2D eigenvalue weighted by Crippen LogP contribution is 2.49. The molecular weight excluding hydrogens is 236 g/mol. The molecule has 2 fully saturated rings. The molecule has 1 aliphatic heterocycles. The first-order chi connectivity index (χ1) is 8.89. The maximum Gasteiger partial charge on any atom is 0.0702 e. The average molecular weight is 268 g/mol. The summed E-state index contributed by atoms with van der Waals surface area (Å²) in [6, 6.07) is 0. The monoisotopic (exact) mass is 268 g/mol. The van der Waals surface area contributed by atoms with Crippen LogP contribution in [-0.4, -0.2) is 43.3 Å². The predicted octanol–water partition coefficient (Wildman–Crippen LogP) is 2.64. The van der Waals surface area contributed by atoms with E-state index in [1.807, 2.05) is 0 Å². The second-order valence-electron chi connectivity index (χ2n) is 7.62. The summed E-state index contributed by atoms with van der Waals surface area (Å²) in [6.45, 7) is 9.88. The third kappa shape index (κ3) is 3.14. The van der Waals surface area contributed by atoms with Gasteiger partial charge >= 0.3 is 0 Å². The van der Waals surface area contributed by atoms with Crippen LogP contribution in [0.1, 0.15) is 52.9 Å². The lowest BCUT2D eigenvalue weighted by atomic mass is 9.84. The fourth-order valence-electron chi connectivity index (χ4n) is 4.47. The lowest BCUT2D eigenvalue weighted by molar-refractivity contribution is -0.0298. The number of nitrogens with zero attached hydrogens (tertiary/aromatic N) is 1. The Hall–Kier alpha value is -0.120. The average Bonchev–Trinajstić information content (AvgIpc) is 2.61. The molecule has 0 amide bonds. The van der Waals surface area contributed by atoms with Crippen LogP contribution in [0.15, 0.2) is 0 Å². The van der Waals surface area contributed by atoms with Crippen LogP contribution in [0.25, 0.3) is 0 Å². The van der Waals surface area contributed by atoms with Crippen molar-refractivity contribution in [2.75, 3.05) is 26.7 Å². The van der Waals surface area contributed by atoms with Gasteiger partial charge < -0.3 is 10.5 Å². The highest BCUT2D eigenvalue weighted by atomic mass is 16.5. The molecule has 0 aromatic heterocycles. The van der Waals surface area contributed by atoms with Crippen LogP contribution in [0.5, 0.6) is 0 Å². The molecular formula is C16H32N2O. The minimum atomic E-state index is 0.171. The number of likely N-dealkylation sites (N-methyl/N-ethyl adjacent to an activating group) is 1. The van der Waals surface area contributed by atoms with Crippen LogP contribution in [-0.2, 0) is 4.74 Å². The topological polar surface area (TPSA) is 38.5 Å². The molecule has 19 heavy (non-hydrogen) atoms. The summed E-state index contributed by atoms with van der Waals surface area (Å²) in [5, 5.41) is 0. The quantitative estimate of drug-likeness (QED) is 0.852. The van der Waals surface area contributed by atoms with Crippen LogP contribution in [0, 0.1) is 11.3 Å². The van der Waals surface area contributed by atoms with Crippen LogP contribution >= 0.6 is 0 Å². The molecule has 0 aromatic rings. The van der Waals surface area contributed by atoms with Gasteiger partial charge in [-0.3, -0.25) is 4.90 Å². The van der Waals surface area contributed by atoms with Crippen LogP contribution in [0.2, 0.25) is 0 Å². The van der Waals surface area contributed by atoms with Gasteiger partial charge in [0.2, 0.25) is 0 Å². The van der Waals surface area contributed by atoms with Gasteiger partial charge in [-0.05, 0) is 50.5 Å². The van der Waals surface area contributed by atoms with Crippen molar-refractivity contribution in [3.05, 3.63) is 0 Å². The smallest absolute Gasteiger partial charge is 0.0702 e. The Balaban J connectivity index is 2.03. The van der Waals surface area contributed by atoms with E-state index >= 15 is 0 Å². The summed E-state index contributed by atoms with van der Waals surface area (Å²) in [4.78, 5) is 2.52. The maximum absolute atomic E-state index is 6.20. The van der Waals surface area contributed by atoms with E-state index in [-0.39, 0.29) is 5.54 Å².